The van der Waals surface area contributed by atoms with E-state index in [1.807, 2.05) is 0 Å². The Labute approximate surface area is 126 Å². The summed E-state index contributed by atoms with van der Waals surface area (Å²) in [5.74, 6) is 0.739. The Morgan fingerprint density at radius 2 is 1.55 bits per heavy atom. The third-order valence-corrected chi connectivity index (χ3v) is 4.29. The van der Waals surface area contributed by atoms with Crippen molar-refractivity contribution in [1.29, 1.82) is 0 Å². The maximum Gasteiger partial charge on any atom is 0.0348 e. The third-order valence-electron chi connectivity index (χ3n) is 4.29. The third kappa shape index (κ3) is 5.28. The highest BCUT2D eigenvalue weighted by Gasteiger charge is 2.19. The molecule has 0 aliphatic carbocycles. The smallest absolute Gasteiger partial charge is 0.0348 e. The van der Waals surface area contributed by atoms with Crippen LogP contribution in [0.25, 0.3) is 0 Å². The van der Waals surface area contributed by atoms with Gasteiger partial charge >= 0.3 is 0 Å². The number of unbranched alkanes of at least 4 members (excludes halogenated alkanes) is 1. The van der Waals surface area contributed by atoms with Crippen LogP contribution in [0.15, 0.2) is 24.3 Å². The maximum atomic E-state index is 3.75. The number of nitrogens with one attached hydrogen (secondary N) is 1. The van der Waals surface area contributed by atoms with Gasteiger partial charge in [0.1, 0.15) is 0 Å². The number of hydrogen-bond donors (Lipinski definition) is 1. The molecule has 0 aliphatic rings. The standard InChI is InChI=1S/C19H33N/c1-5-9-10-16-11-13-18(14-12-16)19(20-15-6-2)17(7-3)8-4/h11-14,17,19-20H,5-10,15H2,1-4H3. The molecule has 1 aromatic carbocycles. The van der Waals surface area contributed by atoms with E-state index in [1.165, 1.54) is 49.7 Å². The molecule has 1 atom stereocenters. The zero-order valence-corrected chi connectivity index (χ0v) is 13.9. The molecule has 0 amide bonds. The molecule has 0 fully saturated rings. The Morgan fingerprint density at radius 3 is 2.05 bits per heavy atom. The summed E-state index contributed by atoms with van der Waals surface area (Å²) in [7, 11) is 0. The first-order valence-corrected chi connectivity index (χ1v) is 8.58. The lowest BCUT2D eigenvalue weighted by Crippen LogP contribution is -2.28. The maximum absolute atomic E-state index is 3.75. The average Bonchev–Trinajstić information content (AvgIpc) is 2.50. The summed E-state index contributed by atoms with van der Waals surface area (Å²) in [6.07, 6.45) is 7.48. The van der Waals surface area contributed by atoms with Crippen molar-refractivity contribution in [2.75, 3.05) is 6.54 Å². The SMILES string of the molecule is CCCCc1ccc(C(NCCC)C(CC)CC)cc1. The van der Waals surface area contributed by atoms with Crippen molar-refractivity contribution in [2.45, 2.75) is 72.3 Å². The first-order chi connectivity index (χ1) is 9.76. The Balaban J connectivity index is 2.78. The highest BCUT2D eigenvalue weighted by atomic mass is 14.9. The monoisotopic (exact) mass is 275 g/mol. The largest absolute Gasteiger partial charge is 0.310 e. The van der Waals surface area contributed by atoms with Crippen molar-refractivity contribution in [2.24, 2.45) is 5.92 Å². The van der Waals surface area contributed by atoms with E-state index in [9.17, 15) is 0 Å². The minimum Gasteiger partial charge on any atom is -0.310 e. The molecular weight excluding hydrogens is 242 g/mol. The molecule has 1 heteroatoms. The molecule has 0 radical (unpaired) electrons. The van der Waals surface area contributed by atoms with E-state index in [1.54, 1.807) is 0 Å². The normalized spacial score (nSPS) is 12.8. The van der Waals surface area contributed by atoms with E-state index in [-0.39, 0.29) is 0 Å². The Hall–Kier alpha value is -0.820. The lowest BCUT2D eigenvalue weighted by atomic mass is 9.88. The topological polar surface area (TPSA) is 12.0 Å². The second kappa shape index (κ2) is 9.99. The highest BCUT2D eigenvalue weighted by molar-refractivity contribution is 5.25. The molecule has 0 bridgehead atoms. The van der Waals surface area contributed by atoms with Gasteiger partial charge in [0.15, 0.2) is 0 Å². The fourth-order valence-electron chi connectivity index (χ4n) is 2.89. The molecule has 1 nitrogen and oxygen atoms in total. The second-order valence-electron chi connectivity index (χ2n) is 5.85. The predicted molar refractivity (Wildman–Crippen MR) is 90.2 cm³/mol. The summed E-state index contributed by atoms with van der Waals surface area (Å²) in [5.41, 5.74) is 2.95. The summed E-state index contributed by atoms with van der Waals surface area (Å²) >= 11 is 0. The van der Waals surface area contributed by atoms with Crippen molar-refractivity contribution in [3.05, 3.63) is 35.4 Å². The van der Waals surface area contributed by atoms with E-state index in [4.69, 9.17) is 0 Å². The van der Waals surface area contributed by atoms with Gasteiger partial charge in [-0.1, -0.05) is 71.2 Å². The zero-order chi connectivity index (χ0) is 14.8. The molecule has 1 rings (SSSR count). The van der Waals surface area contributed by atoms with Gasteiger partial charge < -0.3 is 5.32 Å². The quantitative estimate of drug-likeness (QED) is 0.594. The van der Waals surface area contributed by atoms with Gasteiger partial charge in [0.25, 0.3) is 0 Å². The van der Waals surface area contributed by atoms with Gasteiger partial charge in [0.2, 0.25) is 0 Å². The Kier molecular flexibility index (Phi) is 8.60. The highest BCUT2D eigenvalue weighted by Crippen LogP contribution is 2.27. The molecule has 0 heterocycles. The first kappa shape index (κ1) is 17.2. The van der Waals surface area contributed by atoms with Gasteiger partial charge in [0, 0.05) is 6.04 Å². The molecule has 1 aromatic rings. The number of rotatable bonds is 10. The second-order valence-corrected chi connectivity index (χ2v) is 5.85. The summed E-state index contributed by atoms with van der Waals surface area (Å²) < 4.78 is 0. The molecule has 1 unspecified atom stereocenters. The minimum atomic E-state index is 0.519. The van der Waals surface area contributed by atoms with E-state index in [0.29, 0.717) is 6.04 Å². The molecule has 20 heavy (non-hydrogen) atoms. The zero-order valence-electron chi connectivity index (χ0n) is 13.9. The van der Waals surface area contributed by atoms with Gasteiger partial charge in [-0.15, -0.1) is 0 Å². The van der Waals surface area contributed by atoms with Crippen LogP contribution >= 0.6 is 0 Å². The van der Waals surface area contributed by atoms with Crippen LogP contribution in [0, 0.1) is 5.92 Å². The summed E-state index contributed by atoms with van der Waals surface area (Å²) in [4.78, 5) is 0. The molecule has 1 N–H and O–H groups in total. The number of hydrogen-bond acceptors (Lipinski definition) is 1. The Morgan fingerprint density at radius 1 is 0.900 bits per heavy atom. The number of aryl methyl sites for hydroxylation is 1. The molecule has 0 aliphatic heterocycles. The molecule has 114 valence electrons. The summed E-state index contributed by atoms with van der Waals surface area (Å²) in [5, 5.41) is 3.75. The molecule has 0 saturated heterocycles. The minimum absolute atomic E-state index is 0.519. The lowest BCUT2D eigenvalue weighted by Gasteiger charge is -2.27. The number of benzene rings is 1. The molecular formula is C19H33N. The molecule has 0 spiro atoms. The first-order valence-electron chi connectivity index (χ1n) is 8.58. The van der Waals surface area contributed by atoms with Crippen LogP contribution in [0.5, 0.6) is 0 Å². The van der Waals surface area contributed by atoms with Gasteiger partial charge in [-0.3, -0.25) is 0 Å². The fourth-order valence-corrected chi connectivity index (χ4v) is 2.89. The van der Waals surface area contributed by atoms with Crippen molar-refractivity contribution in [3.8, 4) is 0 Å². The predicted octanol–water partition coefficient (Wildman–Crippen LogP) is 5.51. The van der Waals surface area contributed by atoms with Crippen LogP contribution in [-0.2, 0) is 6.42 Å². The van der Waals surface area contributed by atoms with Crippen LogP contribution in [0.1, 0.15) is 77.0 Å². The Bertz CT molecular complexity index is 337. The van der Waals surface area contributed by atoms with Crippen LogP contribution in [0.2, 0.25) is 0 Å². The van der Waals surface area contributed by atoms with Crippen LogP contribution in [0.4, 0.5) is 0 Å². The summed E-state index contributed by atoms with van der Waals surface area (Å²) in [6, 6.07) is 9.86. The van der Waals surface area contributed by atoms with Gasteiger partial charge in [0.05, 0.1) is 0 Å². The average molecular weight is 275 g/mol. The van der Waals surface area contributed by atoms with E-state index >= 15 is 0 Å². The van der Waals surface area contributed by atoms with E-state index in [0.717, 1.165) is 12.5 Å². The van der Waals surface area contributed by atoms with Gasteiger partial charge in [-0.2, -0.15) is 0 Å². The fraction of sp³-hybridized carbons (Fsp3) is 0.684. The summed E-state index contributed by atoms with van der Waals surface area (Å²) in [6.45, 7) is 10.2. The van der Waals surface area contributed by atoms with Crippen molar-refractivity contribution >= 4 is 0 Å². The van der Waals surface area contributed by atoms with Gasteiger partial charge in [-0.25, -0.2) is 0 Å². The lowest BCUT2D eigenvalue weighted by molar-refractivity contribution is 0.341. The molecule has 0 aromatic heterocycles. The van der Waals surface area contributed by atoms with Crippen molar-refractivity contribution in [1.82, 2.24) is 5.32 Å². The van der Waals surface area contributed by atoms with Crippen LogP contribution < -0.4 is 5.32 Å². The van der Waals surface area contributed by atoms with Gasteiger partial charge in [-0.05, 0) is 42.9 Å². The van der Waals surface area contributed by atoms with Crippen molar-refractivity contribution in [3.63, 3.8) is 0 Å². The van der Waals surface area contributed by atoms with E-state index in [2.05, 4.69) is 57.3 Å². The van der Waals surface area contributed by atoms with Crippen LogP contribution in [0.3, 0.4) is 0 Å². The van der Waals surface area contributed by atoms with Crippen molar-refractivity contribution < 1.29 is 0 Å². The van der Waals surface area contributed by atoms with Crippen LogP contribution in [-0.4, -0.2) is 6.54 Å². The molecule has 0 saturated carbocycles. The van der Waals surface area contributed by atoms with E-state index < -0.39 is 0 Å².